The number of methoxy groups -OCH3 is 1. The molecule has 1 N–H and O–H groups in total. The molecule has 0 spiro atoms. The maximum Gasteiger partial charge on any atom is 0.310 e. The molecular formula is C18H24N2O4. The number of carboxylic acids is 1. The van der Waals surface area contributed by atoms with Crippen LogP contribution in [0.1, 0.15) is 38.3 Å². The Hall–Kier alpha value is -2.08. The van der Waals surface area contributed by atoms with Gasteiger partial charge < -0.3 is 19.3 Å². The molecule has 3 rings (SSSR count). The fourth-order valence-electron chi connectivity index (χ4n) is 3.35. The van der Waals surface area contributed by atoms with E-state index in [1.165, 1.54) is 0 Å². The molecule has 24 heavy (non-hydrogen) atoms. The molecular weight excluding hydrogens is 308 g/mol. The fourth-order valence-corrected chi connectivity index (χ4v) is 3.35. The summed E-state index contributed by atoms with van der Waals surface area (Å²) >= 11 is 0. The molecule has 0 atom stereocenters. The Morgan fingerprint density at radius 2 is 2.12 bits per heavy atom. The van der Waals surface area contributed by atoms with Crippen LogP contribution in [0, 0.1) is 5.41 Å². The third kappa shape index (κ3) is 3.24. The van der Waals surface area contributed by atoms with Crippen molar-refractivity contribution in [3.8, 4) is 5.75 Å². The Balaban J connectivity index is 1.70. The van der Waals surface area contributed by atoms with E-state index in [1.54, 1.807) is 21.0 Å². The van der Waals surface area contributed by atoms with Crippen molar-refractivity contribution in [2.75, 3.05) is 26.7 Å². The molecule has 0 bridgehead atoms. The molecule has 0 saturated carbocycles. The van der Waals surface area contributed by atoms with Gasteiger partial charge in [0.2, 0.25) is 0 Å². The number of fused-ring (bicyclic) bond motifs is 1. The lowest BCUT2D eigenvalue weighted by molar-refractivity contribution is -0.148. The molecule has 2 aromatic rings. The molecule has 6 heteroatoms. The highest BCUT2D eigenvalue weighted by Gasteiger charge is 2.32. The summed E-state index contributed by atoms with van der Waals surface area (Å²) in [6.07, 6.45) is 1.91. The number of aliphatic carboxylic acids is 1. The van der Waals surface area contributed by atoms with Crippen LogP contribution in [0.5, 0.6) is 5.75 Å². The predicted molar refractivity (Wildman–Crippen MR) is 90.4 cm³/mol. The number of carbonyl (C=O) groups is 1. The summed E-state index contributed by atoms with van der Waals surface area (Å²) in [6.45, 7) is 5.87. The molecule has 0 radical (unpaired) electrons. The highest BCUT2D eigenvalue weighted by Crippen LogP contribution is 2.34. The van der Waals surface area contributed by atoms with E-state index in [4.69, 9.17) is 9.26 Å². The second-order valence-electron chi connectivity index (χ2n) is 7.17. The lowest BCUT2D eigenvalue weighted by atomic mass is 9.88. The molecule has 130 valence electrons. The minimum Gasteiger partial charge on any atom is -0.497 e. The molecule has 2 heterocycles. The van der Waals surface area contributed by atoms with Gasteiger partial charge in [-0.05, 0) is 58.0 Å². The van der Waals surface area contributed by atoms with Gasteiger partial charge in [0.1, 0.15) is 5.75 Å². The van der Waals surface area contributed by atoms with Crippen molar-refractivity contribution in [3.63, 3.8) is 0 Å². The van der Waals surface area contributed by atoms with Crippen molar-refractivity contribution in [2.24, 2.45) is 5.41 Å². The van der Waals surface area contributed by atoms with Crippen molar-refractivity contribution in [3.05, 3.63) is 23.9 Å². The van der Waals surface area contributed by atoms with Crippen molar-refractivity contribution in [1.29, 1.82) is 0 Å². The van der Waals surface area contributed by atoms with Gasteiger partial charge >= 0.3 is 5.97 Å². The van der Waals surface area contributed by atoms with Crippen LogP contribution in [-0.4, -0.2) is 47.9 Å². The highest BCUT2D eigenvalue weighted by atomic mass is 16.5. The number of piperidine rings is 1. The maximum atomic E-state index is 11.3. The lowest BCUT2D eigenvalue weighted by Gasteiger charge is -2.35. The Labute approximate surface area is 141 Å². The first kappa shape index (κ1) is 16.8. The van der Waals surface area contributed by atoms with Crippen LogP contribution in [0.3, 0.4) is 0 Å². The normalized spacial score (nSPS) is 17.3. The third-order valence-corrected chi connectivity index (χ3v) is 4.88. The Kier molecular flexibility index (Phi) is 4.49. The van der Waals surface area contributed by atoms with E-state index in [-0.39, 0.29) is 0 Å². The summed E-state index contributed by atoms with van der Waals surface area (Å²) in [7, 11) is 1.65. The number of rotatable bonds is 5. The second-order valence-corrected chi connectivity index (χ2v) is 7.17. The van der Waals surface area contributed by atoms with Gasteiger partial charge in [-0.2, -0.15) is 0 Å². The van der Waals surface area contributed by atoms with Gasteiger partial charge in [0.15, 0.2) is 5.58 Å². The molecule has 0 aliphatic carbocycles. The first-order valence-electron chi connectivity index (χ1n) is 8.30. The zero-order valence-corrected chi connectivity index (χ0v) is 14.4. The topological polar surface area (TPSA) is 75.8 Å². The minimum absolute atomic E-state index is 0.336. The van der Waals surface area contributed by atoms with Gasteiger partial charge in [-0.3, -0.25) is 4.79 Å². The standard InChI is InChI=1S/C18H24N2O4/c1-18(2,17(21)22)11-20-8-6-12(7-9-20)16-14-10-13(23-3)4-5-15(14)24-19-16/h4-5,10,12H,6-9,11H2,1-3H3,(H,21,22). The lowest BCUT2D eigenvalue weighted by Crippen LogP contribution is -2.42. The number of ether oxygens (including phenoxy) is 1. The van der Waals surface area contributed by atoms with Gasteiger partial charge in [0.05, 0.1) is 18.2 Å². The van der Waals surface area contributed by atoms with E-state index in [0.29, 0.717) is 12.5 Å². The number of aromatic nitrogens is 1. The Morgan fingerprint density at radius 1 is 1.42 bits per heavy atom. The van der Waals surface area contributed by atoms with Gasteiger partial charge in [0.25, 0.3) is 0 Å². The second kappa shape index (κ2) is 6.43. The number of benzene rings is 1. The highest BCUT2D eigenvalue weighted by molar-refractivity contribution is 5.81. The molecule has 1 fully saturated rings. The van der Waals surface area contributed by atoms with E-state index in [9.17, 15) is 9.90 Å². The van der Waals surface area contributed by atoms with E-state index in [0.717, 1.165) is 48.3 Å². The van der Waals surface area contributed by atoms with Gasteiger partial charge in [0, 0.05) is 17.8 Å². The van der Waals surface area contributed by atoms with Crippen LogP contribution >= 0.6 is 0 Å². The average Bonchev–Trinajstić information content (AvgIpc) is 2.98. The molecule has 1 saturated heterocycles. The third-order valence-electron chi connectivity index (χ3n) is 4.88. The Morgan fingerprint density at radius 3 is 2.75 bits per heavy atom. The van der Waals surface area contributed by atoms with Gasteiger partial charge in [-0.1, -0.05) is 5.16 Å². The quantitative estimate of drug-likeness (QED) is 0.906. The van der Waals surface area contributed by atoms with Crippen LogP contribution < -0.4 is 4.74 Å². The van der Waals surface area contributed by atoms with E-state index in [2.05, 4.69) is 10.1 Å². The monoisotopic (exact) mass is 332 g/mol. The van der Waals surface area contributed by atoms with Crippen molar-refractivity contribution in [2.45, 2.75) is 32.6 Å². The van der Waals surface area contributed by atoms with Crippen molar-refractivity contribution in [1.82, 2.24) is 10.1 Å². The zero-order valence-electron chi connectivity index (χ0n) is 14.4. The van der Waals surface area contributed by atoms with E-state index >= 15 is 0 Å². The summed E-state index contributed by atoms with van der Waals surface area (Å²) in [5.41, 5.74) is 1.04. The summed E-state index contributed by atoms with van der Waals surface area (Å²) in [5, 5.41) is 14.6. The number of hydrogen-bond donors (Lipinski definition) is 1. The average molecular weight is 332 g/mol. The van der Waals surface area contributed by atoms with E-state index < -0.39 is 11.4 Å². The van der Waals surface area contributed by atoms with Crippen molar-refractivity contribution >= 4 is 16.9 Å². The number of carboxylic acid groups (broad SMARTS) is 1. The van der Waals surface area contributed by atoms with Crippen LogP contribution in [0.15, 0.2) is 22.7 Å². The number of hydrogen-bond acceptors (Lipinski definition) is 5. The number of nitrogens with zero attached hydrogens (tertiary/aromatic N) is 2. The summed E-state index contributed by atoms with van der Waals surface area (Å²) in [4.78, 5) is 13.5. The van der Waals surface area contributed by atoms with Crippen molar-refractivity contribution < 1.29 is 19.2 Å². The van der Waals surface area contributed by atoms with Gasteiger partial charge in [-0.15, -0.1) is 0 Å². The first-order chi connectivity index (χ1) is 11.4. The maximum absolute atomic E-state index is 11.3. The van der Waals surface area contributed by atoms with Crippen LogP contribution in [0.4, 0.5) is 0 Å². The molecule has 1 aromatic carbocycles. The largest absolute Gasteiger partial charge is 0.497 e. The van der Waals surface area contributed by atoms with Gasteiger partial charge in [-0.25, -0.2) is 0 Å². The predicted octanol–water partition coefficient (Wildman–Crippen LogP) is 3.13. The first-order valence-corrected chi connectivity index (χ1v) is 8.30. The fraction of sp³-hybridized carbons (Fsp3) is 0.556. The van der Waals surface area contributed by atoms with Crippen LogP contribution in [0.2, 0.25) is 0 Å². The van der Waals surface area contributed by atoms with E-state index in [1.807, 2.05) is 18.2 Å². The van der Waals surface area contributed by atoms with Crippen LogP contribution in [-0.2, 0) is 4.79 Å². The summed E-state index contributed by atoms with van der Waals surface area (Å²) in [6, 6.07) is 5.73. The molecule has 0 amide bonds. The molecule has 1 aliphatic rings. The number of likely N-dealkylation sites (tertiary alicyclic amines) is 1. The molecule has 1 aliphatic heterocycles. The SMILES string of the molecule is COc1ccc2onc(C3CCN(CC(C)(C)C(=O)O)CC3)c2c1. The molecule has 1 aromatic heterocycles. The Bertz CT molecular complexity index is 730. The zero-order chi connectivity index (χ0) is 17.3. The molecule has 0 unspecified atom stereocenters. The summed E-state index contributed by atoms with van der Waals surface area (Å²) in [5.74, 6) is 0.384. The van der Waals surface area contributed by atoms with Crippen LogP contribution in [0.25, 0.3) is 11.0 Å². The molecule has 6 nitrogen and oxygen atoms in total. The summed E-state index contributed by atoms with van der Waals surface area (Å²) < 4.78 is 10.7. The minimum atomic E-state index is -0.751. The smallest absolute Gasteiger partial charge is 0.310 e.